The van der Waals surface area contributed by atoms with Crippen LogP contribution in [0.25, 0.3) is 17.0 Å². The number of nitrogens with zero attached hydrogens (tertiary/aromatic N) is 3. The zero-order valence-corrected chi connectivity index (χ0v) is 19.0. The van der Waals surface area contributed by atoms with Crippen LogP contribution in [-0.2, 0) is 16.1 Å². The Bertz CT molecular complexity index is 1200. The van der Waals surface area contributed by atoms with E-state index < -0.39 is 11.1 Å². The summed E-state index contributed by atoms with van der Waals surface area (Å²) in [6, 6.07) is 18.2. The van der Waals surface area contributed by atoms with E-state index in [-0.39, 0.29) is 12.5 Å². The van der Waals surface area contributed by atoms with Gasteiger partial charge in [-0.05, 0) is 43.3 Å². The summed E-state index contributed by atoms with van der Waals surface area (Å²) in [6.45, 7) is 5.32. The summed E-state index contributed by atoms with van der Waals surface area (Å²) in [5.74, 6) is -0.640. The third-order valence-corrected chi connectivity index (χ3v) is 6.49. The number of carbonyl (C=O) groups excluding carboxylic acids is 3. The summed E-state index contributed by atoms with van der Waals surface area (Å²) >= 11 is 0.886. The number of carbonyl (C=O) groups is 3. The Labute approximate surface area is 191 Å². The molecule has 4 rings (SSSR count). The summed E-state index contributed by atoms with van der Waals surface area (Å²) < 4.78 is 2.14. The molecule has 3 amide bonds. The first-order valence-electron chi connectivity index (χ1n) is 10.7. The number of hydrogen-bond donors (Lipinski definition) is 0. The van der Waals surface area contributed by atoms with E-state index in [1.165, 1.54) is 5.56 Å². The Morgan fingerprint density at radius 1 is 1.00 bits per heavy atom. The van der Waals surface area contributed by atoms with Crippen LogP contribution in [0.3, 0.4) is 0 Å². The second-order valence-electron chi connectivity index (χ2n) is 7.55. The molecule has 0 radical (unpaired) electrons. The van der Waals surface area contributed by atoms with Crippen molar-refractivity contribution in [2.45, 2.75) is 20.4 Å². The molecular formula is C25H25N3O3S. The number of likely N-dealkylation sites (N-methyl/N-ethyl adjacent to an activating group) is 1. The highest BCUT2D eigenvalue weighted by Crippen LogP contribution is 2.34. The van der Waals surface area contributed by atoms with Gasteiger partial charge in [0.05, 0.1) is 4.91 Å². The van der Waals surface area contributed by atoms with Crippen LogP contribution in [-0.4, -0.2) is 51.1 Å². The van der Waals surface area contributed by atoms with Gasteiger partial charge in [0.2, 0.25) is 5.91 Å². The fraction of sp³-hybridized carbons (Fsp3) is 0.240. The highest BCUT2D eigenvalue weighted by molar-refractivity contribution is 8.18. The van der Waals surface area contributed by atoms with E-state index in [1.807, 2.05) is 62.5 Å². The maximum atomic E-state index is 12.9. The van der Waals surface area contributed by atoms with Crippen LogP contribution in [0.1, 0.15) is 25.0 Å². The van der Waals surface area contributed by atoms with Gasteiger partial charge in [-0.2, -0.15) is 0 Å². The Morgan fingerprint density at radius 2 is 1.69 bits per heavy atom. The number of benzene rings is 2. The van der Waals surface area contributed by atoms with E-state index in [9.17, 15) is 14.4 Å². The summed E-state index contributed by atoms with van der Waals surface area (Å²) in [5, 5.41) is 0.601. The number of thioether (sulfide) groups is 1. The third kappa shape index (κ3) is 4.34. The Morgan fingerprint density at radius 3 is 2.41 bits per heavy atom. The van der Waals surface area contributed by atoms with Gasteiger partial charge in [0.25, 0.3) is 11.1 Å². The highest BCUT2D eigenvalue weighted by atomic mass is 32.2. The summed E-state index contributed by atoms with van der Waals surface area (Å²) in [5.41, 5.74) is 3.10. The average molecular weight is 448 g/mol. The summed E-state index contributed by atoms with van der Waals surface area (Å²) in [4.78, 5) is 40.8. The number of aromatic nitrogens is 1. The Balaban J connectivity index is 1.62. The van der Waals surface area contributed by atoms with E-state index >= 15 is 0 Å². The number of para-hydroxylation sites is 1. The van der Waals surface area contributed by atoms with E-state index in [0.29, 0.717) is 24.5 Å². The highest BCUT2D eigenvalue weighted by Gasteiger charge is 2.37. The molecule has 1 aromatic heterocycles. The molecule has 1 aliphatic rings. The van der Waals surface area contributed by atoms with Gasteiger partial charge < -0.3 is 9.47 Å². The molecule has 0 atom stereocenters. The van der Waals surface area contributed by atoms with Crippen molar-refractivity contribution in [1.82, 2.24) is 14.4 Å². The van der Waals surface area contributed by atoms with Crippen LogP contribution in [0.4, 0.5) is 4.79 Å². The molecule has 0 spiro atoms. The minimum absolute atomic E-state index is 0.223. The molecule has 2 aromatic carbocycles. The van der Waals surface area contributed by atoms with Crippen LogP contribution in [0, 0.1) is 0 Å². The lowest BCUT2D eigenvalue weighted by molar-refractivity contribution is -0.135. The molecule has 1 aliphatic heterocycles. The lowest BCUT2D eigenvalue weighted by Crippen LogP contribution is -2.41. The minimum Gasteiger partial charge on any atom is -0.342 e. The van der Waals surface area contributed by atoms with Gasteiger partial charge in [0.1, 0.15) is 6.54 Å². The average Bonchev–Trinajstić information content (AvgIpc) is 3.27. The smallest absolute Gasteiger partial charge is 0.294 e. The van der Waals surface area contributed by atoms with Crippen molar-refractivity contribution in [3.63, 3.8) is 0 Å². The van der Waals surface area contributed by atoms with Crippen LogP contribution >= 0.6 is 11.8 Å². The van der Waals surface area contributed by atoms with Crippen LogP contribution in [0.15, 0.2) is 65.7 Å². The second kappa shape index (κ2) is 9.44. The molecule has 0 bridgehead atoms. The third-order valence-electron chi connectivity index (χ3n) is 5.58. The predicted octanol–water partition coefficient (Wildman–Crippen LogP) is 4.59. The zero-order valence-electron chi connectivity index (χ0n) is 18.2. The number of hydrogen-bond acceptors (Lipinski definition) is 4. The quantitative estimate of drug-likeness (QED) is 0.497. The van der Waals surface area contributed by atoms with Crippen molar-refractivity contribution < 1.29 is 14.4 Å². The molecule has 0 aliphatic carbocycles. The van der Waals surface area contributed by atoms with E-state index in [1.54, 1.807) is 11.0 Å². The molecule has 164 valence electrons. The van der Waals surface area contributed by atoms with Gasteiger partial charge in [0.15, 0.2) is 0 Å². The normalized spacial score (nSPS) is 15.2. The van der Waals surface area contributed by atoms with Crippen LogP contribution in [0.2, 0.25) is 0 Å². The van der Waals surface area contributed by atoms with Gasteiger partial charge >= 0.3 is 0 Å². The molecule has 3 aromatic rings. The molecule has 2 heterocycles. The lowest BCUT2D eigenvalue weighted by Gasteiger charge is -2.21. The Hall–Kier alpha value is -3.32. The summed E-state index contributed by atoms with van der Waals surface area (Å²) in [7, 11) is 0. The molecule has 1 saturated heterocycles. The predicted molar refractivity (Wildman–Crippen MR) is 128 cm³/mol. The Kier molecular flexibility index (Phi) is 6.46. The van der Waals surface area contributed by atoms with Crippen molar-refractivity contribution in [3.05, 3.63) is 76.8 Å². The maximum Gasteiger partial charge on any atom is 0.294 e. The number of fused-ring (bicyclic) bond motifs is 1. The van der Waals surface area contributed by atoms with Crippen molar-refractivity contribution >= 4 is 45.8 Å². The number of imide groups is 1. The van der Waals surface area contributed by atoms with Crippen molar-refractivity contribution in [3.8, 4) is 0 Å². The van der Waals surface area contributed by atoms with Gasteiger partial charge in [-0.25, -0.2) is 0 Å². The fourth-order valence-electron chi connectivity index (χ4n) is 3.89. The van der Waals surface area contributed by atoms with E-state index in [4.69, 9.17) is 0 Å². The molecule has 0 saturated carbocycles. The first kappa shape index (κ1) is 21.9. The van der Waals surface area contributed by atoms with Gasteiger partial charge in [-0.1, -0.05) is 48.5 Å². The summed E-state index contributed by atoms with van der Waals surface area (Å²) in [6.07, 6.45) is 3.77. The van der Waals surface area contributed by atoms with E-state index in [2.05, 4.69) is 16.7 Å². The standard InChI is InChI=1S/C25H25N3O3S/c1-3-26(4-2)23(29)17-28-24(30)22(32-25(28)31)14-19-16-27(15-18-10-6-5-7-11-18)21-13-9-8-12-20(19)21/h5-14,16H,3-4,15,17H2,1-2H3/b22-14-. The SMILES string of the molecule is CCN(CC)C(=O)CN1C(=O)S/C(=C\c2cn(Cc3ccccc3)c3ccccc23)C1=O. The molecule has 0 unspecified atom stereocenters. The zero-order chi connectivity index (χ0) is 22.7. The van der Waals surface area contributed by atoms with Crippen molar-refractivity contribution in [2.24, 2.45) is 0 Å². The first-order valence-corrected chi connectivity index (χ1v) is 11.5. The van der Waals surface area contributed by atoms with E-state index in [0.717, 1.165) is 33.1 Å². The maximum absolute atomic E-state index is 12.9. The molecule has 0 N–H and O–H groups in total. The lowest BCUT2D eigenvalue weighted by atomic mass is 10.1. The van der Waals surface area contributed by atoms with Gasteiger partial charge in [-0.3, -0.25) is 19.3 Å². The van der Waals surface area contributed by atoms with Crippen LogP contribution < -0.4 is 0 Å². The number of amides is 3. The van der Waals surface area contributed by atoms with Gasteiger partial charge in [0, 0.05) is 42.3 Å². The minimum atomic E-state index is -0.416. The largest absolute Gasteiger partial charge is 0.342 e. The molecule has 32 heavy (non-hydrogen) atoms. The first-order chi connectivity index (χ1) is 15.5. The second-order valence-corrected chi connectivity index (χ2v) is 8.54. The van der Waals surface area contributed by atoms with Gasteiger partial charge in [-0.15, -0.1) is 0 Å². The monoisotopic (exact) mass is 447 g/mol. The van der Waals surface area contributed by atoms with Crippen LogP contribution in [0.5, 0.6) is 0 Å². The fourth-order valence-corrected chi connectivity index (χ4v) is 4.72. The number of rotatable bonds is 7. The molecule has 1 fully saturated rings. The molecular weight excluding hydrogens is 422 g/mol. The molecule has 7 heteroatoms. The topological polar surface area (TPSA) is 62.6 Å². The van der Waals surface area contributed by atoms with Crippen molar-refractivity contribution in [1.29, 1.82) is 0 Å². The molecule has 6 nitrogen and oxygen atoms in total. The van der Waals surface area contributed by atoms with Crippen molar-refractivity contribution in [2.75, 3.05) is 19.6 Å².